The highest BCUT2D eigenvalue weighted by Gasteiger charge is 2.22. The lowest BCUT2D eigenvalue weighted by Gasteiger charge is -2.10. The first-order valence-corrected chi connectivity index (χ1v) is 8.86. The number of rotatable bonds is 7. The third-order valence-corrected chi connectivity index (χ3v) is 4.57. The third-order valence-electron chi connectivity index (χ3n) is 4.57. The van der Waals surface area contributed by atoms with Crippen molar-refractivity contribution in [3.8, 4) is 5.75 Å². The lowest BCUT2D eigenvalue weighted by molar-refractivity contribution is -0.386. The van der Waals surface area contributed by atoms with Crippen molar-refractivity contribution in [2.45, 2.75) is 20.4 Å². The molecule has 29 heavy (non-hydrogen) atoms. The van der Waals surface area contributed by atoms with Gasteiger partial charge >= 0.3 is 5.69 Å². The standard InChI is InChI=1S/C20H21N5O4/c1-13-20(25(27)28)14(2)24(22-13)12-16-9-15(6-8-19(16)29-4)5-7-18(26)17-10-21-23(3)11-17/h5-11H,12H2,1-4H3/b7-5+. The van der Waals surface area contributed by atoms with E-state index in [-0.39, 0.29) is 11.5 Å². The van der Waals surface area contributed by atoms with E-state index < -0.39 is 4.92 Å². The Morgan fingerprint density at radius 3 is 2.69 bits per heavy atom. The summed E-state index contributed by atoms with van der Waals surface area (Å²) in [4.78, 5) is 23.0. The van der Waals surface area contributed by atoms with Crippen LogP contribution in [0.25, 0.3) is 6.08 Å². The molecule has 9 heteroatoms. The lowest BCUT2D eigenvalue weighted by atomic mass is 10.1. The smallest absolute Gasteiger partial charge is 0.312 e. The summed E-state index contributed by atoms with van der Waals surface area (Å²) in [5.41, 5.74) is 2.96. The zero-order valence-corrected chi connectivity index (χ0v) is 16.6. The monoisotopic (exact) mass is 395 g/mol. The highest BCUT2D eigenvalue weighted by atomic mass is 16.6. The Balaban J connectivity index is 1.88. The van der Waals surface area contributed by atoms with E-state index in [1.165, 1.54) is 12.3 Å². The van der Waals surface area contributed by atoms with Crippen LogP contribution in [-0.2, 0) is 13.6 Å². The minimum atomic E-state index is -0.422. The van der Waals surface area contributed by atoms with Gasteiger partial charge in [0, 0.05) is 18.8 Å². The zero-order chi connectivity index (χ0) is 21.1. The lowest BCUT2D eigenvalue weighted by Crippen LogP contribution is -2.06. The van der Waals surface area contributed by atoms with Crippen LogP contribution in [0.2, 0.25) is 0 Å². The number of carbonyl (C=O) groups excluding carboxylic acids is 1. The summed E-state index contributed by atoms with van der Waals surface area (Å²) in [6.45, 7) is 3.59. The van der Waals surface area contributed by atoms with Gasteiger partial charge in [0.1, 0.15) is 17.1 Å². The second-order valence-electron chi connectivity index (χ2n) is 6.61. The van der Waals surface area contributed by atoms with E-state index in [9.17, 15) is 14.9 Å². The number of hydrogen-bond donors (Lipinski definition) is 0. The number of ketones is 1. The zero-order valence-electron chi connectivity index (χ0n) is 16.6. The first kappa shape index (κ1) is 20.0. The molecule has 0 spiro atoms. The van der Waals surface area contributed by atoms with Gasteiger partial charge in [-0.1, -0.05) is 12.1 Å². The van der Waals surface area contributed by atoms with Crippen molar-refractivity contribution in [2.24, 2.45) is 7.05 Å². The predicted molar refractivity (Wildman–Crippen MR) is 107 cm³/mol. The Kier molecular flexibility index (Phi) is 5.58. The van der Waals surface area contributed by atoms with Gasteiger partial charge in [-0.3, -0.25) is 24.3 Å². The maximum atomic E-state index is 12.2. The Morgan fingerprint density at radius 2 is 2.10 bits per heavy atom. The minimum absolute atomic E-state index is 0.0158. The topological polar surface area (TPSA) is 105 Å². The Labute approximate surface area is 167 Å². The number of aryl methyl sites for hydroxylation is 2. The van der Waals surface area contributed by atoms with Gasteiger partial charge in [0.2, 0.25) is 0 Å². The van der Waals surface area contributed by atoms with E-state index in [4.69, 9.17) is 4.74 Å². The van der Waals surface area contributed by atoms with Gasteiger partial charge in [0.25, 0.3) is 0 Å². The number of nitro groups is 1. The van der Waals surface area contributed by atoms with Gasteiger partial charge in [-0.25, -0.2) is 0 Å². The summed E-state index contributed by atoms with van der Waals surface area (Å²) in [6, 6.07) is 5.50. The number of carbonyl (C=O) groups is 1. The fourth-order valence-corrected chi connectivity index (χ4v) is 3.11. The van der Waals surface area contributed by atoms with Crippen molar-refractivity contribution in [3.63, 3.8) is 0 Å². The van der Waals surface area contributed by atoms with E-state index in [0.717, 1.165) is 11.1 Å². The molecule has 3 rings (SSSR count). The number of ether oxygens (including phenoxy) is 1. The van der Waals surface area contributed by atoms with Gasteiger partial charge in [-0.15, -0.1) is 0 Å². The maximum Gasteiger partial charge on any atom is 0.312 e. The molecular weight excluding hydrogens is 374 g/mol. The molecule has 2 aromatic heterocycles. The van der Waals surface area contributed by atoms with Gasteiger partial charge in [0.05, 0.1) is 30.3 Å². The van der Waals surface area contributed by atoms with Crippen molar-refractivity contribution >= 4 is 17.5 Å². The van der Waals surface area contributed by atoms with Crippen LogP contribution in [0.1, 0.15) is 32.9 Å². The average Bonchev–Trinajstić information content (AvgIpc) is 3.23. The number of allylic oxidation sites excluding steroid dienone is 1. The number of aromatic nitrogens is 4. The molecule has 3 aromatic rings. The molecule has 0 aliphatic carbocycles. The molecule has 0 amide bonds. The fraction of sp³-hybridized carbons (Fsp3) is 0.250. The number of hydrogen-bond acceptors (Lipinski definition) is 6. The van der Waals surface area contributed by atoms with Gasteiger partial charge in [-0.2, -0.15) is 10.2 Å². The summed E-state index contributed by atoms with van der Waals surface area (Å²) in [7, 11) is 3.31. The molecule has 1 aromatic carbocycles. The normalized spacial score (nSPS) is 11.2. The molecule has 0 saturated heterocycles. The van der Waals surface area contributed by atoms with Crippen LogP contribution < -0.4 is 4.74 Å². The van der Waals surface area contributed by atoms with Crippen molar-refractivity contribution in [2.75, 3.05) is 7.11 Å². The second kappa shape index (κ2) is 8.09. The minimum Gasteiger partial charge on any atom is -0.496 e. The van der Waals surface area contributed by atoms with E-state index in [2.05, 4.69) is 10.2 Å². The summed E-state index contributed by atoms with van der Waals surface area (Å²) < 4.78 is 8.57. The molecule has 0 radical (unpaired) electrons. The number of benzene rings is 1. The summed E-state index contributed by atoms with van der Waals surface area (Å²) in [6.07, 6.45) is 6.36. The van der Waals surface area contributed by atoms with Crippen LogP contribution in [0.3, 0.4) is 0 Å². The van der Waals surface area contributed by atoms with E-state index in [0.29, 0.717) is 29.2 Å². The highest BCUT2D eigenvalue weighted by Crippen LogP contribution is 2.26. The highest BCUT2D eigenvalue weighted by molar-refractivity contribution is 6.06. The Morgan fingerprint density at radius 1 is 1.34 bits per heavy atom. The summed E-state index contributed by atoms with van der Waals surface area (Å²) in [5.74, 6) is 0.487. The van der Waals surface area contributed by atoms with Crippen LogP contribution in [0.4, 0.5) is 5.69 Å². The molecule has 0 unspecified atom stereocenters. The van der Waals surface area contributed by atoms with Crippen LogP contribution >= 0.6 is 0 Å². The molecular formula is C20H21N5O4. The van der Waals surface area contributed by atoms with E-state index in [1.54, 1.807) is 55.7 Å². The third kappa shape index (κ3) is 4.23. The summed E-state index contributed by atoms with van der Waals surface area (Å²) >= 11 is 0. The molecule has 9 nitrogen and oxygen atoms in total. The SMILES string of the molecule is COc1ccc(/C=C/C(=O)c2cnn(C)c2)cc1Cn1nc(C)c([N+](=O)[O-])c1C. The van der Waals surface area contributed by atoms with Crippen molar-refractivity contribution in [1.29, 1.82) is 0 Å². The molecule has 0 aliphatic rings. The molecule has 150 valence electrons. The van der Waals surface area contributed by atoms with E-state index >= 15 is 0 Å². The van der Waals surface area contributed by atoms with E-state index in [1.807, 2.05) is 12.1 Å². The van der Waals surface area contributed by atoms with Crippen molar-refractivity contribution < 1.29 is 14.5 Å². The Hall–Kier alpha value is -3.75. The molecule has 0 saturated carbocycles. The van der Waals surface area contributed by atoms with Gasteiger partial charge in [-0.05, 0) is 37.6 Å². The number of nitrogens with zero attached hydrogens (tertiary/aromatic N) is 5. The second-order valence-corrected chi connectivity index (χ2v) is 6.61. The van der Waals surface area contributed by atoms with Crippen LogP contribution in [0.15, 0.2) is 36.7 Å². The fourth-order valence-electron chi connectivity index (χ4n) is 3.11. The molecule has 2 heterocycles. The first-order chi connectivity index (χ1) is 13.8. The summed E-state index contributed by atoms with van der Waals surface area (Å²) in [5, 5.41) is 19.5. The predicted octanol–water partition coefficient (Wildman–Crippen LogP) is 3.09. The average molecular weight is 395 g/mol. The number of methoxy groups -OCH3 is 1. The maximum absolute atomic E-state index is 12.2. The van der Waals surface area contributed by atoms with Gasteiger partial charge in [0.15, 0.2) is 5.78 Å². The van der Waals surface area contributed by atoms with Crippen LogP contribution in [0.5, 0.6) is 5.75 Å². The van der Waals surface area contributed by atoms with Crippen molar-refractivity contribution in [1.82, 2.24) is 19.6 Å². The van der Waals surface area contributed by atoms with Gasteiger partial charge < -0.3 is 4.74 Å². The first-order valence-electron chi connectivity index (χ1n) is 8.86. The molecule has 0 bridgehead atoms. The molecule has 0 fully saturated rings. The molecule has 0 aliphatic heterocycles. The Bertz CT molecular complexity index is 1110. The van der Waals surface area contributed by atoms with Crippen molar-refractivity contribution in [3.05, 3.63) is 74.9 Å². The van der Waals surface area contributed by atoms with Crippen LogP contribution in [0, 0.1) is 24.0 Å². The quantitative estimate of drug-likeness (QED) is 0.263. The van der Waals surface area contributed by atoms with Crippen LogP contribution in [-0.4, -0.2) is 37.4 Å². The largest absolute Gasteiger partial charge is 0.496 e. The molecule has 0 atom stereocenters. The molecule has 0 N–H and O–H groups in total.